The number of benzene rings is 2. The number of amides is 1. The van der Waals surface area contributed by atoms with Gasteiger partial charge in [-0.15, -0.1) is 0 Å². The molecule has 2 aromatic carbocycles. The number of nitrogens with two attached hydrogens (primary N) is 1. The van der Waals surface area contributed by atoms with E-state index >= 15 is 0 Å². The van der Waals surface area contributed by atoms with Crippen LogP contribution in [0.2, 0.25) is 0 Å². The average Bonchev–Trinajstić information content (AvgIpc) is 2.83. The van der Waals surface area contributed by atoms with Gasteiger partial charge in [-0.25, -0.2) is 0 Å². The van der Waals surface area contributed by atoms with Crippen molar-refractivity contribution < 1.29 is 4.79 Å². The maximum absolute atomic E-state index is 11.9. The summed E-state index contributed by atoms with van der Waals surface area (Å²) in [5, 5.41) is 2.16. The number of carbonyl (C=O) groups is 1. The first-order valence-electron chi connectivity index (χ1n) is 8.52. The molecule has 1 aliphatic rings. The van der Waals surface area contributed by atoms with E-state index in [0.717, 1.165) is 35.2 Å². The Hall–Kier alpha value is -2.29. The molecule has 1 saturated carbocycles. The minimum Gasteiger partial charge on any atom is -0.366 e. The zero-order valence-electron chi connectivity index (χ0n) is 13.5. The number of carbonyl (C=O) groups excluding carboxylic acids is 1. The van der Waals surface area contributed by atoms with Crippen LogP contribution in [0.4, 0.5) is 0 Å². The second-order valence-electron chi connectivity index (χ2n) is 6.68. The highest BCUT2D eigenvalue weighted by molar-refractivity contribution is 6.17. The van der Waals surface area contributed by atoms with Crippen LogP contribution >= 0.6 is 0 Å². The van der Waals surface area contributed by atoms with Crippen LogP contribution in [-0.4, -0.2) is 10.5 Å². The molecule has 1 aromatic heterocycles. The Kier molecular flexibility index (Phi) is 3.37. The van der Waals surface area contributed by atoms with Crippen molar-refractivity contribution in [3.8, 4) is 0 Å². The molecule has 1 aliphatic carbocycles. The summed E-state index contributed by atoms with van der Waals surface area (Å²) in [4.78, 5) is 11.9. The fraction of sp³-hybridized carbons (Fsp3) is 0.350. The molecule has 4 rings (SSSR count). The van der Waals surface area contributed by atoms with Gasteiger partial charge in [0.15, 0.2) is 0 Å². The number of hydrogen-bond donors (Lipinski definition) is 1. The van der Waals surface area contributed by atoms with Crippen LogP contribution < -0.4 is 5.73 Å². The lowest BCUT2D eigenvalue weighted by atomic mass is 9.85. The predicted octanol–water partition coefficient (Wildman–Crippen LogP) is 4.26. The van der Waals surface area contributed by atoms with E-state index in [-0.39, 0.29) is 5.91 Å². The molecule has 1 heterocycles. The van der Waals surface area contributed by atoms with Crippen molar-refractivity contribution in [2.75, 3.05) is 0 Å². The number of aromatic nitrogens is 1. The fourth-order valence-electron chi connectivity index (χ4n) is 3.75. The van der Waals surface area contributed by atoms with E-state index in [9.17, 15) is 4.79 Å². The Labute approximate surface area is 136 Å². The highest BCUT2D eigenvalue weighted by Crippen LogP contribution is 2.36. The number of aryl methyl sites for hydroxylation is 1. The summed E-state index contributed by atoms with van der Waals surface area (Å²) in [6, 6.07) is 12.5. The number of rotatable bonds is 4. The fourth-order valence-corrected chi connectivity index (χ4v) is 3.75. The molecule has 0 bridgehead atoms. The highest BCUT2D eigenvalue weighted by Gasteiger charge is 2.22. The first-order chi connectivity index (χ1) is 11.2. The summed E-state index contributed by atoms with van der Waals surface area (Å²) in [6.07, 6.45) is 4.98. The van der Waals surface area contributed by atoms with Crippen molar-refractivity contribution in [3.05, 3.63) is 47.5 Å². The van der Waals surface area contributed by atoms with Gasteiger partial charge in [0.05, 0.1) is 0 Å². The van der Waals surface area contributed by atoms with Gasteiger partial charge in [-0.05, 0) is 48.9 Å². The topological polar surface area (TPSA) is 48.0 Å². The Balaban J connectivity index is 2.05. The lowest BCUT2D eigenvalue weighted by molar-refractivity contribution is 0.100. The van der Waals surface area contributed by atoms with Gasteiger partial charge in [0, 0.05) is 33.9 Å². The van der Waals surface area contributed by atoms with E-state index in [0.29, 0.717) is 5.56 Å². The largest absolute Gasteiger partial charge is 0.366 e. The van der Waals surface area contributed by atoms with E-state index in [4.69, 9.17) is 5.73 Å². The van der Waals surface area contributed by atoms with Crippen LogP contribution in [0.25, 0.3) is 21.8 Å². The Morgan fingerprint density at radius 2 is 2.04 bits per heavy atom. The normalized spacial score (nSPS) is 15.2. The molecule has 2 N–H and O–H groups in total. The van der Waals surface area contributed by atoms with Gasteiger partial charge < -0.3 is 10.3 Å². The van der Waals surface area contributed by atoms with Crippen molar-refractivity contribution in [1.82, 2.24) is 4.57 Å². The zero-order valence-corrected chi connectivity index (χ0v) is 13.5. The molecular formula is C20H22N2O. The minimum atomic E-state index is -0.349. The molecule has 1 amide bonds. The summed E-state index contributed by atoms with van der Waals surface area (Å²) in [7, 11) is 0. The molecule has 3 aromatic rings. The number of fused-ring (bicyclic) bond motifs is 3. The van der Waals surface area contributed by atoms with Crippen molar-refractivity contribution in [1.29, 1.82) is 0 Å². The number of nitrogens with zero attached hydrogens (tertiary/aromatic N) is 1. The van der Waals surface area contributed by atoms with Crippen LogP contribution in [0.3, 0.4) is 0 Å². The SMILES string of the molecule is CCc1ccc2c3c(C(N)=O)cccc3n(CC3CCC3)c2c1. The van der Waals surface area contributed by atoms with E-state index < -0.39 is 0 Å². The third kappa shape index (κ3) is 2.23. The summed E-state index contributed by atoms with van der Waals surface area (Å²) in [5.41, 5.74) is 9.96. The molecule has 1 fully saturated rings. The van der Waals surface area contributed by atoms with E-state index in [1.807, 2.05) is 12.1 Å². The quantitative estimate of drug-likeness (QED) is 0.769. The van der Waals surface area contributed by atoms with Crippen molar-refractivity contribution >= 4 is 27.7 Å². The Morgan fingerprint density at radius 3 is 2.70 bits per heavy atom. The Morgan fingerprint density at radius 1 is 1.22 bits per heavy atom. The van der Waals surface area contributed by atoms with Crippen molar-refractivity contribution in [2.45, 2.75) is 39.2 Å². The maximum Gasteiger partial charge on any atom is 0.249 e. The number of hydrogen-bond acceptors (Lipinski definition) is 1. The molecule has 118 valence electrons. The lowest BCUT2D eigenvalue weighted by Crippen LogP contribution is -2.18. The standard InChI is InChI=1S/C20H22N2O/c1-2-13-9-10-15-18(11-13)22(12-14-5-3-6-14)17-8-4-7-16(19(15)17)20(21)23/h4,7-11,14H,2-3,5-6,12H2,1H3,(H2,21,23). The lowest BCUT2D eigenvalue weighted by Gasteiger charge is -2.26. The monoisotopic (exact) mass is 306 g/mol. The molecule has 3 heteroatoms. The second kappa shape index (κ2) is 5.41. The van der Waals surface area contributed by atoms with Gasteiger partial charge in [0.2, 0.25) is 5.91 Å². The molecule has 0 unspecified atom stereocenters. The number of primary amides is 1. The van der Waals surface area contributed by atoms with Gasteiger partial charge in [0.1, 0.15) is 0 Å². The third-order valence-corrected chi connectivity index (χ3v) is 5.29. The van der Waals surface area contributed by atoms with Crippen LogP contribution in [0.15, 0.2) is 36.4 Å². The molecule has 0 saturated heterocycles. The minimum absolute atomic E-state index is 0.349. The van der Waals surface area contributed by atoms with Gasteiger partial charge in [-0.2, -0.15) is 0 Å². The molecule has 0 atom stereocenters. The first-order valence-corrected chi connectivity index (χ1v) is 8.52. The van der Waals surface area contributed by atoms with Gasteiger partial charge in [-0.1, -0.05) is 31.5 Å². The molecule has 23 heavy (non-hydrogen) atoms. The zero-order chi connectivity index (χ0) is 16.0. The van der Waals surface area contributed by atoms with E-state index in [1.54, 1.807) is 0 Å². The maximum atomic E-state index is 11.9. The third-order valence-electron chi connectivity index (χ3n) is 5.29. The van der Waals surface area contributed by atoms with E-state index in [2.05, 4.69) is 35.8 Å². The van der Waals surface area contributed by atoms with Crippen LogP contribution in [0.1, 0.15) is 42.1 Å². The summed E-state index contributed by atoms with van der Waals surface area (Å²) >= 11 is 0. The van der Waals surface area contributed by atoms with Crippen LogP contribution in [-0.2, 0) is 13.0 Å². The van der Waals surface area contributed by atoms with Crippen LogP contribution in [0, 0.1) is 5.92 Å². The molecule has 3 nitrogen and oxygen atoms in total. The molecule has 0 spiro atoms. The van der Waals surface area contributed by atoms with Gasteiger partial charge in [-0.3, -0.25) is 4.79 Å². The highest BCUT2D eigenvalue weighted by atomic mass is 16.1. The van der Waals surface area contributed by atoms with Gasteiger partial charge in [0.25, 0.3) is 0 Å². The van der Waals surface area contributed by atoms with Crippen LogP contribution in [0.5, 0.6) is 0 Å². The first kappa shape index (κ1) is 14.3. The van der Waals surface area contributed by atoms with Crippen molar-refractivity contribution in [3.63, 3.8) is 0 Å². The summed E-state index contributed by atoms with van der Waals surface area (Å²) in [6.45, 7) is 3.21. The molecular weight excluding hydrogens is 284 g/mol. The Bertz CT molecular complexity index is 903. The van der Waals surface area contributed by atoms with Crippen molar-refractivity contribution in [2.24, 2.45) is 11.7 Å². The van der Waals surface area contributed by atoms with Gasteiger partial charge >= 0.3 is 0 Å². The molecule has 0 aliphatic heterocycles. The molecule has 0 radical (unpaired) electrons. The summed E-state index contributed by atoms with van der Waals surface area (Å²) < 4.78 is 2.40. The second-order valence-corrected chi connectivity index (χ2v) is 6.68. The average molecular weight is 306 g/mol. The predicted molar refractivity (Wildman–Crippen MR) is 94.7 cm³/mol. The summed E-state index contributed by atoms with van der Waals surface area (Å²) in [5.74, 6) is 0.411. The smallest absolute Gasteiger partial charge is 0.249 e. The van der Waals surface area contributed by atoms with E-state index in [1.165, 1.54) is 30.3 Å².